The molecule has 2 rings (SSSR count). The highest BCUT2D eigenvalue weighted by Crippen LogP contribution is 2.20. The molecule has 144 valence electrons. The van der Waals surface area contributed by atoms with Gasteiger partial charge in [-0.1, -0.05) is 12.1 Å². The maximum absolute atomic E-state index is 12.7. The van der Waals surface area contributed by atoms with E-state index in [1.54, 1.807) is 6.92 Å². The Morgan fingerprint density at radius 1 is 0.786 bits per heavy atom. The van der Waals surface area contributed by atoms with Gasteiger partial charge in [-0.15, -0.1) is 0 Å². The first-order valence-electron chi connectivity index (χ1n) is 8.14. The number of aromatic carboxylic acids is 2. The molecule has 0 fully saturated rings. The Morgan fingerprint density at radius 2 is 1.25 bits per heavy atom. The average Bonchev–Trinajstić information content (AvgIpc) is 2.66. The Labute approximate surface area is 159 Å². The fraction of sp³-hybridized carbons (Fsp3) is 0.150. The van der Waals surface area contributed by atoms with Gasteiger partial charge in [0.05, 0.1) is 23.3 Å². The average molecular weight is 384 g/mol. The SMILES string of the molecule is CCOC(=O)c1ccc(C(=O)c2ccc(C(C)=O)c(C(=O)O)c2)cc1C(=O)O. The van der Waals surface area contributed by atoms with Gasteiger partial charge in [0, 0.05) is 16.7 Å². The summed E-state index contributed by atoms with van der Waals surface area (Å²) in [7, 11) is 0. The van der Waals surface area contributed by atoms with E-state index in [2.05, 4.69) is 0 Å². The molecule has 0 heterocycles. The van der Waals surface area contributed by atoms with Crippen LogP contribution in [0.15, 0.2) is 36.4 Å². The summed E-state index contributed by atoms with van der Waals surface area (Å²) in [6.07, 6.45) is 0. The summed E-state index contributed by atoms with van der Waals surface area (Å²) in [5.41, 5.74) is -1.10. The number of carboxylic acid groups (broad SMARTS) is 2. The lowest BCUT2D eigenvalue weighted by Crippen LogP contribution is -2.14. The van der Waals surface area contributed by atoms with Crippen LogP contribution in [0.1, 0.15) is 71.2 Å². The topological polar surface area (TPSA) is 135 Å². The summed E-state index contributed by atoms with van der Waals surface area (Å²) in [5, 5.41) is 18.6. The Balaban J connectivity index is 2.52. The van der Waals surface area contributed by atoms with Gasteiger partial charge < -0.3 is 14.9 Å². The summed E-state index contributed by atoms with van der Waals surface area (Å²) in [5.74, 6) is -4.75. The highest BCUT2D eigenvalue weighted by Gasteiger charge is 2.22. The molecule has 2 N–H and O–H groups in total. The van der Waals surface area contributed by atoms with Crippen LogP contribution in [0.2, 0.25) is 0 Å². The summed E-state index contributed by atoms with van der Waals surface area (Å²) >= 11 is 0. The van der Waals surface area contributed by atoms with E-state index in [0.29, 0.717) is 0 Å². The number of ether oxygens (including phenoxy) is 1. The zero-order chi connectivity index (χ0) is 21.0. The van der Waals surface area contributed by atoms with Crippen LogP contribution >= 0.6 is 0 Å². The highest BCUT2D eigenvalue weighted by atomic mass is 16.5. The molecule has 2 aromatic rings. The summed E-state index contributed by atoms with van der Waals surface area (Å²) < 4.78 is 4.80. The second kappa shape index (κ2) is 8.26. The van der Waals surface area contributed by atoms with Crippen LogP contribution in [0.4, 0.5) is 0 Å². The summed E-state index contributed by atoms with van der Waals surface area (Å²) in [6.45, 7) is 2.83. The van der Waals surface area contributed by atoms with Crippen molar-refractivity contribution < 1.29 is 38.9 Å². The number of carbonyl (C=O) groups excluding carboxylic acids is 3. The second-order valence-corrected chi connectivity index (χ2v) is 5.74. The van der Waals surface area contributed by atoms with E-state index in [-0.39, 0.29) is 34.4 Å². The van der Waals surface area contributed by atoms with Gasteiger partial charge in [0.25, 0.3) is 0 Å². The molecule has 0 unspecified atom stereocenters. The number of rotatable bonds is 7. The molecule has 0 aliphatic rings. The standard InChI is InChI=1S/C20H16O8/c1-3-28-20(27)14-7-5-12(9-16(14)19(25)26)17(22)11-4-6-13(10(2)21)15(8-11)18(23)24/h4-9H,3H2,1-2H3,(H,23,24)(H,25,26). The highest BCUT2D eigenvalue weighted by molar-refractivity contribution is 6.13. The molecule has 0 saturated heterocycles. The fourth-order valence-corrected chi connectivity index (χ4v) is 2.59. The number of benzene rings is 2. The molecule has 8 heteroatoms. The Morgan fingerprint density at radius 3 is 1.68 bits per heavy atom. The number of esters is 1. The summed E-state index contributed by atoms with van der Waals surface area (Å²) in [6, 6.07) is 7.00. The minimum Gasteiger partial charge on any atom is -0.478 e. The quantitative estimate of drug-likeness (QED) is 0.549. The van der Waals surface area contributed by atoms with Gasteiger partial charge in [-0.2, -0.15) is 0 Å². The van der Waals surface area contributed by atoms with Gasteiger partial charge in [0.1, 0.15) is 0 Å². The van der Waals surface area contributed by atoms with Crippen LogP contribution < -0.4 is 0 Å². The number of Topliss-reactive ketones (excluding diaryl/α,β-unsaturated/α-hetero) is 1. The van der Waals surface area contributed by atoms with Crippen molar-refractivity contribution in [3.63, 3.8) is 0 Å². The Hall–Kier alpha value is -3.81. The fourth-order valence-electron chi connectivity index (χ4n) is 2.59. The van der Waals surface area contributed by atoms with Crippen molar-refractivity contribution in [1.29, 1.82) is 0 Å². The molecule has 0 saturated carbocycles. The van der Waals surface area contributed by atoms with Crippen LogP contribution in [0.25, 0.3) is 0 Å². The van der Waals surface area contributed by atoms with Gasteiger partial charge in [-0.05, 0) is 38.1 Å². The van der Waals surface area contributed by atoms with Crippen molar-refractivity contribution in [2.24, 2.45) is 0 Å². The molecule has 0 spiro atoms. The molecule has 28 heavy (non-hydrogen) atoms. The molecule has 0 atom stereocenters. The molecule has 0 aromatic heterocycles. The van der Waals surface area contributed by atoms with Gasteiger partial charge in [-0.3, -0.25) is 9.59 Å². The Kier molecular flexibility index (Phi) is 6.04. The van der Waals surface area contributed by atoms with Gasteiger partial charge >= 0.3 is 17.9 Å². The van der Waals surface area contributed by atoms with E-state index >= 15 is 0 Å². The third-order valence-corrected chi connectivity index (χ3v) is 3.90. The maximum atomic E-state index is 12.7. The lowest BCUT2D eigenvalue weighted by Gasteiger charge is -2.09. The van der Waals surface area contributed by atoms with Gasteiger partial charge in [0.15, 0.2) is 11.6 Å². The number of hydrogen-bond acceptors (Lipinski definition) is 6. The number of hydrogen-bond donors (Lipinski definition) is 2. The first-order chi connectivity index (χ1) is 13.2. The van der Waals surface area contributed by atoms with Crippen molar-refractivity contribution >= 4 is 29.5 Å². The first-order valence-corrected chi connectivity index (χ1v) is 8.14. The van der Waals surface area contributed by atoms with Crippen LogP contribution in [-0.4, -0.2) is 46.3 Å². The largest absolute Gasteiger partial charge is 0.478 e. The summed E-state index contributed by atoms with van der Waals surface area (Å²) in [4.78, 5) is 59.0. The maximum Gasteiger partial charge on any atom is 0.338 e. The van der Waals surface area contributed by atoms with Gasteiger partial charge in [-0.25, -0.2) is 14.4 Å². The van der Waals surface area contributed by atoms with E-state index < -0.39 is 35.0 Å². The van der Waals surface area contributed by atoms with E-state index in [9.17, 15) is 34.2 Å². The molecule has 0 aliphatic carbocycles. The predicted octanol–water partition coefficient (Wildman–Crippen LogP) is 2.69. The van der Waals surface area contributed by atoms with Crippen molar-refractivity contribution in [3.05, 3.63) is 69.8 Å². The molecule has 0 radical (unpaired) electrons. The van der Waals surface area contributed by atoms with Crippen molar-refractivity contribution in [3.8, 4) is 0 Å². The molecule has 0 bridgehead atoms. The Bertz CT molecular complexity index is 1000. The van der Waals surface area contributed by atoms with E-state index in [0.717, 1.165) is 18.2 Å². The monoisotopic (exact) mass is 384 g/mol. The third kappa shape index (κ3) is 4.12. The van der Waals surface area contributed by atoms with Crippen molar-refractivity contribution in [2.75, 3.05) is 6.61 Å². The number of carbonyl (C=O) groups is 5. The molecular formula is C20H16O8. The molecule has 8 nitrogen and oxygen atoms in total. The van der Waals surface area contributed by atoms with Crippen LogP contribution in [0.3, 0.4) is 0 Å². The van der Waals surface area contributed by atoms with E-state index in [4.69, 9.17) is 4.74 Å². The van der Waals surface area contributed by atoms with E-state index in [1.165, 1.54) is 25.1 Å². The number of carboxylic acids is 2. The van der Waals surface area contributed by atoms with Crippen molar-refractivity contribution in [2.45, 2.75) is 13.8 Å². The second-order valence-electron chi connectivity index (χ2n) is 5.74. The smallest absolute Gasteiger partial charge is 0.338 e. The third-order valence-electron chi connectivity index (χ3n) is 3.90. The van der Waals surface area contributed by atoms with Crippen LogP contribution in [0.5, 0.6) is 0 Å². The molecule has 2 aromatic carbocycles. The first kappa shape index (κ1) is 20.5. The van der Waals surface area contributed by atoms with E-state index in [1.807, 2.05) is 0 Å². The zero-order valence-electron chi connectivity index (χ0n) is 15.0. The molecule has 0 aliphatic heterocycles. The normalized spacial score (nSPS) is 10.2. The number of ketones is 2. The molecule has 0 amide bonds. The van der Waals surface area contributed by atoms with Gasteiger partial charge in [0.2, 0.25) is 0 Å². The zero-order valence-corrected chi connectivity index (χ0v) is 15.0. The molecular weight excluding hydrogens is 368 g/mol. The van der Waals surface area contributed by atoms with Crippen molar-refractivity contribution in [1.82, 2.24) is 0 Å². The van der Waals surface area contributed by atoms with Crippen LogP contribution in [-0.2, 0) is 4.74 Å². The van der Waals surface area contributed by atoms with Crippen LogP contribution in [0, 0.1) is 0 Å². The predicted molar refractivity (Wildman–Crippen MR) is 96.2 cm³/mol. The lowest BCUT2D eigenvalue weighted by atomic mass is 9.94. The minimum absolute atomic E-state index is 0.0392. The minimum atomic E-state index is -1.42. The lowest BCUT2D eigenvalue weighted by molar-refractivity contribution is 0.0514.